The summed E-state index contributed by atoms with van der Waals surface area (Å²) in [4.78, 5) is 35.4. The van der Waals surface area contributed by atoms with E-state index in [1.54, 1.807) is 30.0 Å². The second-order valence-corrected chi connectivity index (χ2v) is 12.3. The highest BCUT2D eigenvalue weighted by Crippen LogP contribution is 2.33. The van der Waals surface area contributed by atoms with Gasteiger partial charge in [0.15, 0.2) is 0 Å². The van der Waals surface area contributed by atoms with Gasteiger partial charge in [-0.2, -0.15) is 0 Å². The fourth-order valence-electron chi connectivity index (χ4n) is 4.91. The molecule has 0 spiro atoms. The summed E-state index contributed by atoms with van der Waals surface area (Å²) in [7, 11) is 0. The Hall–Kier alpha value is -4.09. The lowest BCUT2D eigenvalue weighted by atomic mass is 9.95. The number of halogens is 4. The zero-order chi connectivity index (χ0) is 34.3. The van der Waals surface area contributed by atoms with Crippen LogP contribution in [-0.2, 0) is 19.1 Å². The molecular weight excluding hydrogens is 738 g/mol. The number of anilines is 2. The standard InChI is InChI=1S/C18H19BrFNO2.C16H13BrFNO.C2H4O2/c1-2-23-18(22)17(13-4-3-5-15(20)12-13)10-11-21-16-8-6-14(19)7-9-16;17-12-4-6-14(7-5-12)19-9-8-15(16(19)20)11-2-1-3-13(18)10-11;1-2(3)4/h3-9,12,17,21H,2,10-11H2,1H3;1-7,10,15H,8-9H2;1H3,(H,3,4). The summed E-state index contributed by atoms with van der Waals surface area (Å²) in [5, 5.41) is 10.7. The highest BCUT2D eigenvalue weighted by molar-refractivity contribution is 9.10. The number of rotatable bonds is 9. The van der Waals surface area contributed by atoms with Crippen molar-refractivity contribution in [2.45, 2.75) is 38.5 Å². The van der Waals surface area contributed by atoms with Crippen LogP contribution < -0.4 is 10.2 Å². The summed E-state index contributed by atoms with van der Waals surface area (Å²) < 4.78 is 33.8. The Labute approximate surface area is 290 Å². The second kappa shape index (κ2) is 18.9. The van der Waals surface area contributed by atoms with Crippen molar-refractivity contribution in [3.63, 3.8) is 0 Å². The summed E-state index contributed by atoms with van der Waals surface area (Å²) in [6.45, 7) is 4.41. The van der Waals surface area contributed by atoms with E-state index in [0.717, 1.165) is 39.2 Å². The number of carboxylic acid groups (broad SMARTS) is 1. The number of hydrogen-bond donors (Lipinski definition) is 2. The molecule has 5 rings (SSSR count). The van der Waals surface area contributed by atoms with E-state index in [9.17, 15) is 18.4 Å². The van der Waals surface area contributed by atoms with E-state index in [1.165, 1.54) is 24.3 Å². The zero-order valence-corrected chi connectivity index (χ0v) is 29.1. The number of hydrogen-bond acceptors (Lipinski definition) is 5. The molecule has 1 amide bonds. The number of nitrogens with zero attached hydrogens (tertiary/aromatic N) is 1. The van der Waals surface area contributed by atoms with Gasteiger partial charge in [-0.25, -0.2) is 8.78 Å². The quantitative estimate of drug-likeness (QED) is 0.165. The molecule has 1 saturated heterocycles. The minimum atomic E-state index is -0.833. The topological polar surface area (TPSA) is 95.9 Å². The van der Waals surface area contributed by atoms with Gasteiger partial charge in [-0.15, -0.1) is 0 Å². The lowest BCUT2D eigenvalue weighted by Crippen LogP contribution is -2.26. The Morgan fingerprint density at radius 3 is 2.09 bits per heavy atom. The van der Waals surface area contributed by atoms with Gasteiger partial charge in [0.05, 0.1) is 18.4 Å². The molecule has 2 unspecified atom stereocenters. The molecule has 1 aliphatic heterocycles. The van der Waals surface area contributed by atoms with Gasteiger partial charge in [0.1, 0.15) is 11.6 Å². The normalized spacial score (nSPS) is 14.2. The lowest BCUT2D eigenvalue weighted by Gasteiger charge is -2.17. The van der Waals surface area contributed by atoms with E-state index in [2.05, 4.69) is 37.2 Å². The van der Waals surface area contributed by atoms with Gasteiger partial charge < -0.3 is 20.1 Å². The molecule has 11 heteroatoms. The van der Waals surface area contributed by atoms with E-state index >= 15 is 0 Å². The number of benzene rings is 4. The molecule has 2 N–H and O–H groups in total. The fourth-order valence-corrected chi connectivity index (χ4v) is 5.43. The van der Waals surface area contributed by atoms with Crippen LogP contribution in [0.25, 0.3) is 0 Å². The van der Waals surface area contributed by atoms with Crippen LogP contribution in [-0.4, -0.2) is 42.6 Å². The van der Waals surface area contributed by atoms with Crippen molar-refractivity contribution in [2.75, 3.05) is 29.9 Å². The van der Waals surface area contributed by atoms with Crippen molar-refractivity contribution in [3.8, 4) is 0 Å². The number of carboxylic acids is 1. The molecule has 0 bridgehead atoms. The molecule has 1 fully saturated rings. The maximum absolute atomic E-state index is 13.4. The molecule has 0 aliphatic carbocycles. The number of esters is 1. The van der Waals surface area contributed by atoms with Crippen molar-refractivity contribution in [1.29, 1.82) is 0 Å². The molecule has 1 aliphatic rings. The van der Waals surface area contributed by atoms with Crippen LogP contribution >= 0.6 is 31.9 Å². The largest absolute Gasteiger partial charge is 0.481 e. The highest BCUT2D eigenvalue weighted by Gasteiger charge is 2.33. The molecule has 7 nitrogen and oxygen atoms in total. The summed E-state index contributed by atoms with van der Waals surface area (Å²) in [5.41, 5.74) is 3.25. The molecule has 1 heterocycles. The first-order chi connectivity index (χ1) is 22.5. The number of carbonyl (C=O) groups is 3. The molecule has 248 valence electrons. The van der Waals surface area contributed by atoms with Crippen LogP contribution in [0.3, 0.4) is 0 Å². The maximum Gasteiger partial charge on any atom is 0.313 e. The third-order valence-corrected chi connectivity index (χ3v) is 8.08. The first-order valence-corrected chi connectivity index (χ1v) is 16.5. The summed E-state index contributed by atoms with van der Waals surface area (Å²) >= 11 is 6.77. The Bertz CT molecular complexity index is 1620. The molecule has 0 saturated carbocycles. The Balaban J connectivity index is 0.000000231. The molecule has 0 radical (unpaired) electrons. The van der Waals surface area contributed by atoms with Crippen LogP contribution in [0.2, 0.25) is 0 Å². The SMILES string of the molecule is CC(=O)O.CCOC(=O)C(CCNc1ccc(Br)cc1)c1cccc(F)c1.O=C1C(c2cccc(F)c2)CCN1c1ccc(Br)cc1. The predicted octanol–water partition coefficient (Wildman–Crippen LogP) is 8.94. The van der Waals surface area contributed by atoms with Gasteiger partial charge in [0.25, 0.3) is 5.97 Å². The van der Waals surface area contributed by atoms with E-state index < -0.39 is 11.9 Å². The monoisotopic (exact) mass is 772 g/mol. The van der Waals surface area contributed by atoms with Crippen molar-refractivity contribution < 1.29 is 33.0 Å². The number of amides is 1. The van der Waals surface area contributed by atoms with Crippen molar-refractivity contribution >= 4 is 61.1 Å². The smallest absolute Gasteiger partial charge is 0.313 e. The summed E-state index contributed by atoms with van der Waals surface area (Å²) in [5.74, 6) is -2.48. The molecule has 47 heavy (non-hydrogen) atoms. The minimum absolute atomic E-state index is 0.0397. The van der Waals surface area contributed by atoms with E-state index in [0.29, 0.717) is 31.7 Å². The average molecular weight is 774 g/mol. The van der Waals surface area contributed by atoms with Crippen LogP contribution in [0.1, 0.15) is 49.7 Å². The third kappa shape index (κ3) is 12.2. The van der Waals surface area contributed by atoms with Gasteiger partial charge in [-0.05, 0) is 104 Å². The minimum Gasteiger partial charge on any atom is -0.481 e. The molecule has 0 aromatic heterocycles. The van der Waals surface area contributed by atoms with E-state index in [-0.39, 0.29) is 29.4 Å². The predicted molar refractivity (Wildman–Crippen MR) is 187 cm³/mol. The highest BCUT2D eigenvalue weighted by atomic mass is 79.9. The first kappa shape index (κ1) is 37.4. The number of carbonyl (C=O) groups excluding carboxylic acids is 2. The van der Waals surface area contributed by atoms with Gasteiger partial charge in [-0.3, -0.25) is 14.4 Å². The van der Waals surface area contributed by atoms with Gasteiger partial charge in [-0.1, -0.05) is 56.1 Å². The zero-order valence-electron chi connectivity index (χ0n) is 26.0. The molecule has 4 aromatic rings. The molecule has 4 aromatic carbocycles. The summed E-state index contributed by atoms with van der Waals surface area (Å²) in [6, 6.07) is 27.9. The van der Waals surface area contributed by atoms with Crippen LogP contribution in [0.5, 0.6) is 0 Å². The van der Waals surface area contributed by atoms with Crippen molar-refractivity contribution in [1.82, 2.24) is 0 Å². The van der Waals surface area contributed by atoms with E-state index in [4.69, 9.17) is 14.6 Å². The average Bonchev–Trinajstić information content (AvgIpc) is 3.42. The Morgan fingerprint density at radius 2 is 1.51 bits per heavy atom. The van der Waals surface area contributed by atoms with Crippen LogP contribution in [0.15, 0.2) is 106 Å². The maximum atomic E-state index is 13.4. The third-order valence-electron chi connectivity index (χ3n) is 7.02. The van der Waals surface area contributed by atoms with E-state index in [1.807, 2.05) is 54.6 Å². The molecule has 2 atom stereocenters. The van der Waals surface area contributed by atoms with Gasteiger partial charge in [0.2, 0.25) is 5.91 Å². The van der Waals surface area contributed by atoms with Crippen LogP contribution in [0.4, 0.5) is 20.2 Å². The molecular formula is C36H36Br2F2N2O5. The Morgan fingerprint density at radius 1 is 0.936 bits per heavy atom. The number of nitrogens with one attached hydrogen (secondary N) is 1. The second-order valence-electron chi connectivity index (χ2n) is 10.5. The van der Waals surface area contributed by atoms with Gasteiger partial charge >= 0.3 is 5.97 Å². The van der Waals surface area contributed by atoms with Gasteiger partial charge in [0, 0.05) is 40.3 Å². The fraction of sp³-hybridized carbons (Fsp3) is 0.250. The lowest BCUT2D eigenvalue weighted by molar-refractivity contribution is -0.145. The van der Waals surface area contributed by atoms with Crippen LogP contribution in [0, 0.1) is 11.6 Å². The van der Waals surface area contributed by atoms with Crippen molar-refractivity contribution in [3.05, 3.63) is 129 Å². The number of aliphatic carboxylic acids is 1. The Kier molecular flexibility index (Phi) is 15.0. The first-order valence-electron chi connectivity index (χ1n) is 14.9. The number of ether oxygens (including phenoxy) is 1. The van der Waals surface area contributed by atoms with Crippen molar-refractivity contribution in [2.24, 2.45) is 0 Å². The summed E-state index contributed by atoms with van der Waals surface area (Å²) in [6.07, 6.45) is 1.25.